The predicted octanol–water partition coefficient (Wildman–Crippen LogP) is 3.26. The zero-order valence-corrected chi connectivity index (χ0v) is 15.9. The maximum atomic E-state index is 12.6. The first-order chi connectivity index (χ1) is 12.5. The van der Waals surface area contributed by atoms with Crippen LogP contribution in [0.3, 0.4) is 0 Å². The second-order valence-corrected chi connectivity index (χ2v) is 7.80. The summed E-state index contributed by atoms with van der Waals surface area (Å²) >= 11 is 9.58. The molecule has 3 aliphatic rings. The molecular weight excluding hydrogens is 420 g/mol. The lowest BCUT2D eigenvalue weighted by Crippen LogP contribution is -2.28. The summed E-state index contributed by atoms with van der Waals surface area (Å²) in [6.45, 7) is 0.0989. The molecule has 1 aliphatic heterocycles. The van der Waals surface area contributed by atoms with E-state index in [1.54, 1.807) is 12.1 Å². The number of terminal acetylenes is 1. The van der Waals surface area contributed by atoms with Gasteiger partial charge in [-0.2, -0.15) is 10.1 Å². The molecule has 2 bridgehead atoms. The lowest BCUT2D eigenvalue weighted by atomic mass is 9.85. The number of hydrogen-bond acceptors (Lipinski definition) is 4. The number of rotatable bonds is 4. The maximum absolute atomic E-state index is 12.6. The van der Waals surface area contributed by atoms with Crippen molar-refractivity contribution in [1.29, 1.82) is 0 Å². The van der Waals surface area contributed by atoms with E-state index in [0.29, 0.717) is 20.8 Å². The Bertz CT molecular complexity index is 852. The molecule has 0 radical (unpaired) electrons. The molecule has 1 aromatic carbocycles. The number of amides is 2. The van der Waals surface area contributed by atoms with E-state index in [9.17, 15) is 9.59 Å². The second-order valence-electron chi connectivity index (χ2n) is 6.54. The molecule has 4 unspecified atom stereocenters. The van der Waals surface area contributed by atoms with E-state index in [4.69, 9.17) is 22.8 Å². The van der Waals surface area contributed by atoms with Gasteiger partial charge in [0.1, 0.15) is 6.61 Å². The van der Waals surface area contributed by atoms with E-state index < -0.39 is 0 Å². The number of allylic oxidation sites excluding steroid dienone is 2. The zero-order valence-electron chi connectivity index (χ0n) is 13.6. The van der Waals surface area contributed by atoms with Crippen LogP contribution in [-0.4, -0.2) is 29.6 Å². The molecule has 2 fully saturated rings. The molecular formula is C19H14BrClN2O3. The Kier molecular flexibility index (Phi) is 4.37. The monoisotopic (exact) mass is 432 g/mol. The molecule has 1 saturated heterocycles. The number of fused-ring (bicyclic) bond motifs is 5. The van der Waals surface area contributed by atoms with Crippen LogP contribution in [0.2, 0.25) is 5.02 Å². The summed E-state index contributed by atoms with van der Waals surface area (Å²) < 4.78 is 5.99. The van der Waals surface area contributed by atoms with Crippen LogP contribution in [0, 0.1) is 36.0 Å². The Morgan fingerprint density at radius 2 is 1.96 bits per heavy atom. The van der Waals surface area contributed by atoms with Gasteiger partial charge in [-0.1, -0.05) is 29.7 Å². The number of halogens is 2. The van der Waals surface area contributed by atoms with Gasteiger partial charge >= 0.3 is 0 Å². The van der Waals surface area contributed by atoms with Crippen LogP contribution in [0.15, 0.2) is 33.9 Å². The van der Waals surface area contributed by atoms with Crippen molar-refractivity contribution in [2.45, 2.75) is 6.42 Å². The summed E-state index contributed by atoms with van der Waals surface area (Å²) in [4.78, 5) is 25.2. The summed E-state index contributed by atoms with van der Waals surface area (Å²) in [5, 5.41) is 5.50. The van der Waals surface area contributed by atoms with Crippen molar-refractivity contribution in [3.63, 3.8) is 0 Å². The van der Waals surface area contributed by atoms with Crippen LogP contribution in [0.4, 0.5) is 0 Å². The third kappa shape index (κ3) is 2.67. The van der Waals surface area contributed by atoms with Gasteiger partial charge in [-0.15, -0.1) is 6.42 Å². The first kappa shape index (κ1) is 17.3. The van der Waals surface area contributed by atoms with E-state index >= 15 is 0 Å². The Labute approximate surface area is 164 Å². The second kappa shape index (κ2) is 6.57. The van der Waals surface area contributed by atoms with Gasteiger partial charge in [0.25, 0.3) is 11.8 Å². The Morgan fingerprint density at radius 1 is 1.31 bits per heavy atom. The molecule has 0 aromatic heterocycles. The molecule has 132 valence electrons. The Balaban J connectivity index is 1.55. The van der Waals surface area contributed by atoms with Crippen molar-refractivity contribution in [3.05, 3.63) is 39.3 Å². The summed E-state index contributed by atoms with van der Waals surface area (Å²) in [6, 6.07) is 3.37. The summed E-state index contributed by atoms with van der Waals surface area (Å²) in [5.41, 5.74) is 0.633. The van der Waals surface area contributed by atoms with Crippen molar-refractivity contribution in [1.82, 2.24) is 5.01 Å². The predicted molar refractivity (Wildman–Crippen MR) is 101 cm³/mol. The Hall–Kier alpha value is -2.10. The minimum absolute atomic E-state index is 0.0989. The fraction of sp³-hybridized carbons (Fsp3) is 0.316. The smallest absolute Gasteiger partial charge is 0.254 e. The van der Waals surface area contributed by atoms with E-state index in [2.05, 4.69) is 39.1 Å². The van der Waals surface area contributed by atoms with Crippen molar-refractivity contribution in [2.24, 2.45) is 28.8 Å². The zero-order chi connectivity index (χ0) is 18.4. The quantitative estimate of drug-likeness (QED) is 0.317. The fourth-order valence-electron chi connectivity index (χ4n) is 4.03. The molecule has 0 N–H and O–H groups in total. The fourth-order valence-corrected chi connectivity index (χ4v) is 5.02. The molecule has 5 nitrogen and oxygen atoms in total. The summed E-state index contributed by atoms with van der Waals surface area (Å²) in [5.74, 6) is 2.19. The number of nitrogens with zero attached hydrogens (tertiary/aromatic N) is 2. The van der Waals surface area contributed by atoms with Gasteiger partial charge in [-0.25, -0.2) is 0 Å². The molecule has 7 heteroatoms. The van der Waals surface area contributed by atoms with Crippen LogP contribution in [0.1, 0.15) is 12.0 Å². The van der Waals surface area contributed by atoms with Crippen molar-refractivity contribution < 1.29 is 14.3 Å². The molecule has 0 spiro atoms. The van der Waals surface area contributed by atoms with E-state index in [-0.39, 0.29) is 42.1 Å². The number of imide groups is 1. The van der Waals surface area contributed by atoms with Gasteiger partial charge in [0.2, 0.25) is 0 Å². The number of ether oxygens (including phenoxy) is 1. The first-order valence-corrected chi connectivity index (χ1v) is 9.33. The largest absolute Gasteiger partial charge is 0.478 e. The highest BCUT2D eigenvalue weighted by atomic mass is 79.9. The van der Waals surface area contributed by atoms with Gasteiger partial charge in [0.15, 0.2) is 5.75 Å². The highest BCUT2D eigenvalue weighted by Gasteiger charge is 2.59. The number of benzene rings is 1. The van der Waals surface area contributed by atoms with E-state index in [1.165, 1.54) is 6.21 Å². The Morgan fingerprint density at radius 3 is 2.54 bits per heavy atom. The van der Waals surface area contributed by atoms with Crippen LogP contribution >= 0.6 is 27.5 Å². The number of hydrazone groups is 1. The average molecular weight is 434 g/mol. The SMILES string of the molecule is C#CCOc1c(Cl)cc(C=NN2C(=O)C3C4C=CC(C4)C3C2=O)cc1Br. The van der Waals surface area contributed by atoms with Crippen LogP contribution in [0.25, 0.3) is 0 Å². The number of hydrogen-bond donors (Lipinski definition) is 0. The topological polar surface area (TPSA) is 59.0 Å². The van der Waals surface area contributed by atoms with Gasteiger partial charge in [0.05, 0.1) is 27.5 Å². The summed E-state index contributed by atoms with van der Waals surface area (Å²) in [6.07, 6.45) is 11.6. The maximum Gasteiger partial charge on any atom is 0.254 e. The molecule has 2 amide bonds. The highest BCUT2D eigenvalue weighted by Crippen LogP contribution is 2.52. The normalized spacial score (nSPS) is 28.9. The van der Waals surface area contributed by atoms with Gasteiger partial charge in [0, 0.05) is 0 Å². The average Bonchev–Trinajstić information content (AvgIpc) is 3.27. The molecule has 1 heterocycles. The molecule has 26 heavy (non-hydrogen) atoms. The lowest BCUT2D eigenvalue weighted by molar-refractivity contribution is -0.140. The number of carbonyl (C=O) groups excluding carboxylic acids is 2. The van der Waals surface area contributed by atoms with Gasteiger partial charge in [-0.3, -0.25) is 9.59 Å². The van der Waals surface area contributed by atoms with Gasteiger partial charge < -0.3 is 4.74 Å². The van der Waals surface area contributed by atoms with Gasteiger partial charge in [-0.05, 0) is 51.9 Å². The van der Waals surface area contributed by atoms with Crippen molar-refractivity contribution in [3.8, 4) is 18.1 Å². The van der Waals surface area contributed by atoms with Crippen molar-refractivity contribution >= 4 is 45.6 Å². The van der Waals surface area contributed by atoms with Crippen LogP contribution < -0.4 is 4.74 Å². The molecule has 1 saturated carbocycles. The van der Waals surface area contributed by atoms with Crippen LogP contribution in [0.5, 0.6) is 5.75 Å². The minimum Gasteiger partial charge on any atom is -0.478 e. The minimum atomic E-state index is -0.260. The highest BCUT2D eigenvalue weighted by molar-refractivity contribution is 9.10. The molecule has 2 aliphatic carbocycles. The standard InChI is InChI=1S/C19H14BrClN2O3/c1-2-5-26-17-13(20)6-10(7-14(17)21)9-22-23-18(24)15-11-3-4-12(8-11)16(15)19(23)25/h1,3-4,6-7,9,11-12,15-16H,5,8H2. The first-order valence-electron chi connectivity index (χ1n) is 8.16. The molecule has 4 atom stereocenters. The van der Waals surface area contributed by atoms with E-state index in [1.807, 2.05) is 0 Å². The lowest BCUT2D eigenvalue weighted by Gasteiger charge is -2.13. The third-order valence-electron chi connectivity index (χ3n) is 5.09. The summed E-state index contributed by atoms with van der Waals surface area (Å²) in [7, 11) is 0. The van der Waals surface area contributed by atoms with Crippen LogP contribution in [-0.2, 0) is 9.59 Å². The van der Waals surface area contributed by atoms with Crippen molar-refractivity contribution in [2.75, 3.05) is 6.61 Å². The molecule has 4 rings (SSSR count). The number of carbonyl (C=O) groups is 2. The third-order valence-corrected chi connectivity index (χ3v) is 5.96. The van der Waals surface area contributed by atoms with E-state index in [0.717, 1.165) is 11.4 Å². The molecule has 1 aromatic rings.